The minimum atomic E-state index is 0.541. The Kier molecular flexibility index (Phi) is 3.43. The van der Waals surface area contributed by atoms with Gasteiger partial charge in [-0.1, -0.05) is 6.92 Å². The van der Waals surface area contributed by atoms with Crippen molar-refractivity contribution >= 4 is 22.9 Å². The summed E-state index contributed by atoms with van der Waals surface area (Å²) in [4.78, 5) is 16.0. The summed E-state index contributed by atoms with van der Waals surface area (Å²) >= 11 is 0. The Balaban J connectivity index is 1.89. The van der Waals surface area contributed by atoms with E-state index in [1.807, 2.05) is 17.9 Å². The molecule has 110 valence electrons. The normalized spacial score (nSPS) is 11.0. The Morgan fingerprint density at radius 3 is 2.95 bits per heavy atom. The molecule has 0 aliphatic heterocycles. The molecule has 0 bridgehead atoms. The lowest BCUT2D eigenvalue weighted by Gasteiger charge is -2.07. The molecule has 8 heteroatoms. The Morgan fingerprint density at radius 2 is 2.19 bits per heavy atom. The van der Waals surface area contributed by atoms with Crippen LogP contribution in [-0.4, -0.2) is 36.8 Å². The van der Waals surface area contributed by atoms with E-state index in [0.717, 1.165) is 29.0 Å². The van der Waals surface area contributed by atoms with Gasteiger partial charge < -0.3 is 15.6 Å². The van der Waals surface area contributed by atoms with Gasteiger partial charge in [0.1, 0.15) is 5.52 Å². The van der Waals surface area contributed by atoms with E-state index in [9.17, 15) is 0 Å². The van der Waals surface area contributed by atoms with Crippen molar-refractivity contribution < 1.29 is 0 Å². The summed E-state index contributed by atoms with van der Waals surface area (Å²) in [5.41, 5.74) is 3.70. The Labute approximate surface area is 122 Å². The van der Waals surface area contributed by atoms with Crippen LogP contribution in [0.1, 0.15) is 18.2 Å². The van der Waals surface area contributed by atoms with E-state index in [1.54, 1.807) is 13.4 Å². The molecule has 0 aliphatic carbocycles. The lowest BCUT2D eigenvalue weighted by Crippen LogP contribution is -2.06. The summed E-state index contributed by atoms with van der Waals surface area (Å²) in [6, 6.07) is 0. The number of hydrogen-bond acceptors (Lipinski definition) is 6. The van der Waals surface area contributed by atoms with E-state index >= 15 is 0 Å². The number of aromatic amines is 1. The SMILES string of the molecule is CCc1nn(C)cc1CNc1nc(NC)nc2nc[nH]c12. The Bertz CT molecular complexity index is 757. The van der Waals surface area contributed by atoms with E-state index in [4.69, 9.17) is 0 Å². The van der Waals surface area contributed by atoms with Crippen molar-refractivity contribution in [2.75, 3.05) is 17.7 Å². The monoisotopic (exact) mass is 286 g/mol. The molecular formula is C13H18N8. The van der Waals surface area contributed by atoms with E-state index in [1.165, 1.54) is 0 Å². The first kappa shape index (κ1) is 13.3. The first-order valence-corrected chi connectivity index (χ1v) is 6.85. The van der Waals surface area contributed by atoms with Gasteiger partial charge in [-0.3, -0.25) is 4.68 Å². The molecule has 3 aromatic heterocycles. The fourth-order valence-electron chi connectivity index (χ4n) is 2.28. The molecule has 0 saturated carbocycles. The highest BCUT2D eigenvalue weighted by Gasteiger charge is 2.11. The highest BCUT2D eigenvalue weighted by atomic mass is 15.3. The fraction of sp³-hybridized carbons (Fsp3) is 0.385. The van der Waals surface area contributed by atoms with Crippen LogP contribution in [0, 0.1) is 0 Å². The molecule has 3 rings (SSSR count). The van der Waals surface area contributed by atoms with Crippen LogP contribution in [0.25, 0.3) is 11.2 Å². The third-order valence-corrected chi connectivity index (χ3v) is 3.28. The topological polar surface area (TPSA) is 96.3 Å². The maximum Gasteiger partial charge on any atom is 0.226 e. The molecule has 0 fully saturated rings. The van der Waals surface area contributed by atoms with Gasteiger partial charge in [0.2, 0.25) is 5.95 Å². The number of anilines is 2. The van der Waals surface area contributed by atoms with Crippen LogP contribution < -0.4 is 10.6 Å². The van der Waals surface area contributed by atoms with Crippen molar-refractivity contribution in [1.29, 1.82) is 0 Å². The summed E-state index contributed by atoms with van der Waals surface area (Å²) in [6.07, 6.45) is 4.55. The Hall–Kier alpha value is -2.64. The molecule has 0 spiro atoms. The van der Waals surface area contributed by atoms with Crippen molar-refractivity contribution in [3.8, 4) is 0 Å². The molecule has 3 heterocycles. The van der Waals surface area contributed by atoms with Gasteiger partial charge in [-0.2, -0.15) is 15.1 Å². The van der Waals surface area contributed by atoms with Gasteiger partial charge in [0.15, 0.2) is 11.5 Å². The first-order chi connectivity index (χ1) is 10.2. The van der Waals surface area contributed by atoms with Gasteiger partial charge >= 0.3 is 0 Å². The molecule has 0 unspecified atom stereocenters. The molecule has 0 aromatic carbocycles. The summed E-state index contributed by atoms with van der Waals surface area (Å²) in [7, 11) is 3.72. The van der Waals surface area contributed by atoms with Crippen LogP contribution in [0.4, 0.5) is 11.8 Å². The van der Waals surface area contributed by atoms with Crippen LogP contribution in [-0.2, 0) is 20.0 Å². The standard InChI is InChI=1S/C13H18N8/c1-4-9-8(6-21(3)20-9)5-15-11-10-12(17-7-16-10)19-13(14-2)18-11/h6-7H,4-5H2,1-3H3,(H3,14,15,16,17,18,19). The molecule has 0 saturated heterocycles. The second-order valence-electron chi connectivity index (χ2n) is 4.73. The predicted octanol–water partition coefficient (Wildman–Crippen LogP) is 1.30. The number of fused-ring (bicyclic) bond motifs is 1. The predicted molar refractivity (Wildman–Crippen MR) is 81.1 cm³/mol. The highest BCUT2D eigenvalue weighted by molar-refractivity contribution is 5.83. The number of hydrogen-bond donors (Lipinski definition) is 3. The van der Waals surface area contributed by atoms with E-state index < -0.39 is 0 Å². The van der Waals surface area contributed by atoms with Crippen LogP contribution >= 0.6 is 0 Å². The molecular weight excluding hydrogens is 268 g/mol. The van der Waals surface area contributed by atoms with Crippen molar-refractivity contribution in [3.05, 3.63) is 23.8 Å². The zero-order valence-electron chi connectivity index (χ0n) is 12.3. The summed E-state index contributed by atoms with van der Waals surface area (Å²) in [6.45, 7) is 2.76. The third kappa shape index (κ3) is 2.51. The summed E-state index contributed by atoms with van der Waals surface area (Å²) in [5, 5.41) is 10.7. The third-order valence-electron chi connectivity index (χ3n) is 3.28. The molecule has 0 amide bonds. The lowest BCUT2D eigenvalue weighted by molar-refractivity contribution is 0.746. The van der Waals surface area contributed by atoms with Crippen molar-refractivity contribution in [1.82, 2.24) is 29.7 Å². The zero-order chi connectivity index (χ0) is 14.8. The second kappa shape index (κ2) is 5.39. The number of H-pyrrole nitrogens is 1. The van der Waals surface area contributed by atoms with Gasteiger partial charge in [-0.05, 0) is 6.42 Å². The molecule has 8 nitrogen and oxygen atoms in total. The van der Waals surface area contributed by atoms with Gasteiger partial charge in [0, 0.05) is 32.4 Å². The molecule has 3 aromatic rings. The maximum absolute atomic E-state index is 4.44. The quantitative estimate of drug-likeness (QED) is 0.654. The van der Waals surface area contributed by atoms with E-state index in [0.29, 0.717) is 18.1 Å². The van der Waals surface area contributed by atoms with E-state index in [2.05, 4.69) is 42.6 Å². The minimum absolute atomic E-state index is 0.541. The van der Waals surface area contributed by atoms with Crippen molar-refractivity contribution in [2.45, 2.75) is 19.9 Å². The molecule has 0 aliphatic rings. The average Bonchev–Trinajstić information content (AvgIpc) is 3.10. The van der Waals surface area contributed by atoms with Gasteiger partial charge in [0.25, 0.3) is 0 Å². The molecule has 0 atom stereocenters. The van der Waals surface area contributed by atoms with Gasteiger partial charge in [-0.15, -0.1) is 0 Å². The van der Waals surface area contributed by atoms with E-state index in [-0.39, 0.29) is 0 Å². The number of rotatable bonds is 5. The first-order valence-electron chi connectivity index (χ1n) is 6.85. The number of aryl methyl sites for hydroxylation is 2. The number of nitrogens with zero attached hydrogens (tertiary/aromatic N) is 5. The maximum atomic E-state index is 4.44. The fourth-order valence-corrected chi connectivity index (χ4v) is 2.28. The summed E-state index contributed by atoms with van der Waals surface area (Å²) in [5.74, 6) is 1.27. The van der Waals surface area contributed by atoms with Crippen LogP contribution in [0.3, 0.4) is 0 Å². The average molecular weight is 286 g/mol. The Morgan fingerprint density at radius 1 is 1.33 bits per heavy atom. The van der Waals surface area contributed by atoms with Crippen molar-refractivity contribution in [3.63, 3.8) is 0 Å². The number of imidazole rings is 1. The van der Waals surface area contributed by atoms with Gasteiger partial charge in [0.05, 0.1) is 12.0 Å². The van der Waals surface area contributed by atoms with Gasteiger partial charge in [-0.25, -0.2) is 4.98 Å². The smallest absolute Gasteiger partial charge is 0.226 e. The van der Waals surface area contributed by atoms with Crippen molar-refractivity contribution in [2.24, 2.45) is 7.05 Å². The molecule has 3 N–H and O–H groups in total. The summed E-state index contributed by atoms with van der Waals surface area (Å²) < 4.78 is 1.83. The van der Waals surface area contributed by atoms with Crippen LogP contribution in [0.15, 0.2) is 12.5 Å². The lowest BCUT2D eigenvalue weighted by atomic mass is 10.2. The largest absolute Gasteiger partial charge is 0.364 e. The number of aromatic nitrogens is 6. The number of nitrogens with one attached hydrogen (secondary N) is 3. The van der Waals surface area contributed by atoms with Crippen LogP contribution in [0.5, 0.6) is 0 Å². The zero-order valence-corrected chi connectivity index (χ0v) is 12.3. The molecule has 21 heavy (non-hydrogen) atoms. The molecule has 0 radical (unpaired) electrons. The minimum Gasteiger partial charge on any atom is -0.364 e. The highest BCUT2D eigenvalue weighted by Crippen LogP contribution is 2.19. The van der Waals surface area contributed by atoms with Crippen LogP contribution in [0.2, 0.25) is 0 Å². The second-order valence-corrected chi connectivity index (χ2v) is 4.73.